The molecule has 2 amide bonds. The standard InChI is InChI=1S/C13H25N3O2/c1-9(2)12(14)8-13(18)16-6-4-11(5-7-16)15-10(3)17/h9,11-12H,4-8,14H2,1-3H3,(H,15,17). The number of hydrogen-bond donors (Lipinski definition) is 2. The fraction of sp³-hybridized carbons (Fsp3) is 0.846. The SMILES string of the molecule is CC(=O)NC1CCN(C(=O)CC(N)C(C)C)CC1. The van der Waals surface area contributed by atoms with Gasteiger partial charge in [0.2, 0.25) is 11.8 Å². The van der Waals surface area contributed by atoms with Crippen molar-refractivity contribution in [3.8, 4) is 0 Å². The van der Waals surface area contributed by atoms with Crippen LogP contribution in [0, 0.1) is 5.92 Å². The third-order valence-corrected chi connectivity index (χ3v) is 3.52. The lowest BCUT2D eigenvalue weighted by Crippen LogP contribution is -2.47. The maximum absolute atomic E-state index is 12.0. The van der Waals surface area contributed by atoms with Gasteiger partial charge in [-0.2, -0.15) is 0 Å². The van der Waals surface area contributed by atoms with Crippen molar-refractivity contribution in [2.75, 3.05) is 13.1 Å². The zero-order chi connectivity index (χ0) is 13.7. The van der Waals surface area contributed by atoms with E-state index in [4.69, 9.17) is 5.73 Å². The summed E-state index contributed by atoms with van der Waals surface area (Å²) in [5.74, 6) is 0.463. The highest BCUT2D eigenvalue weighted by molar-refractivity contribution is 5.77. The molecule has 1 fully saturated rings. The topological polar surface area (TPSA) is 75.4 Å². The zero-order valence-electron chi connectivity index (χ0n) is 11.6. The van der Waals surface area contributed by atoms with Crippen molar-refractivity contribution in [3.63, 3.8) is 0 Å². The van der Waals surface area contributed by atoms with Gasteiger partial charge in [-0.05, 0) is 18.8 Å². The van der Waals surface area contributed by atoms with E-state index in [1.165, 1.54) is 6.92 Å². The fourth-order valence-corrected chi connectivity index (χ4v) is 2.13. The van der Waals surface area contributed by atoms with E-state index >= 15 is 0 Å². The van der Waals surface area contributed by atoms with Crippen molar-refractivity contribution in [2.24, 2.45) is 11.7 Å². The Hall–Kier alpha value is -1.10. The van der Waals surface area contributed by atoms with Gasteiger partial charge in [0.05, 0.1) is 0 Å². The highest BCUT2D eigenvalue weighted by Gasteiger charge is 2.24. The van der Waals surface area contributed by atoms with Crippen molar-refractivity contribution < 1.29 is 9.59 Å². The normalized spacial score (nSPS) is 18.8. The van der Waals surface area contributed by atoms with Gasteiger partial charge in [0.15, 0.2) is 0 Å². The smallest absolute Gasteiger partial charge is 0.224 e. The molecule has 5 heteroatoms. The van der Waals surface area contributed by atoms with Gasteiger partial charge < -0.3 is 16.0 Å². The lowest BCUT2D eigenvalue weighted by Gasteiger charge is -2.33. The second-order valence-electron chi connectivity index (χ2n) is 5.47. The summed E-state index contributed by atoms with van der Waals surface area (Å²) in [4.78, 5) is 24.8. The van der Waals surface area contributed by atoms with E-state index in [-0.39, 0.29) is 23.9 Å². The van der Waals surface area contributed by atoms with E-state index in [1.54, 1.807) is 0 Å². The molecule has 0 saturated carbocycles. The molecule has 1 atom stereocenters. The van der Waals surface area contributed by atoms with Crippen molar-refractivity contribution in [3.05, 3.63) is 0 Å². The predicted molar refractivity (Wildman–Crippen MR) is 70.8 cm³/mol. The van der Waals surface area contributed by atoms with Crippen LogP contribution in [0.3, 0.4) is 0 Å². The fourth-order valence-electron chi connectivity index (χ4n) is 2.13. The Morgan fingerprint density at radius 2 is 1.89 bits per heavy atom. The number of nitrogens with zero attached hydrogens (tertiary/aromatic N) is 1. The van der Waals surface area contributed by atoms with E-state index in [9.17, 15) is 9.59 Å². The highest BCUT2D eigenvalue weighted by Crippen LogP contribution is 2.13. The first-order valence-corrected chi connectivity index (χ1v) is 6.70. The molecule has 0 radical (unpaired) electrons. The molecule has 5 nitrogen and oxygen atoms in total. The Morgan fingerprint density at radius 1 is 1.33 bits per heavy atom. The van der Waals surface area contributed by atoms with Crippen LogP contribution < -0.4 is 11.1 Å². The van der Waals surface area contributed by atoms with E-state index in [0.717, 1.165) is 12.8 Å². The molecule has 0 aromatic heterocycles. The number of likely N-dealkylation sites (tertiary alicyclic amines) is 1. The summed E-state index contributed by atoms with van der Waals surface area (Å²) in [5.41, 5.74) is 5.91. The quantitative estimate of drug-likeness (QED) is 0.767. The molecule has 104 valence electrons. The third kappa shape index (κ3) is 4.64. The van der Waals surface area contributed by atoms with Gasteiger partial charge >= 0.3 is 0 Å². The van der Waals surface area contributed by atoms with Gasteiger partial charge in [0, 0.05) is 38.5 Å². The molecule has 1 heterocycles. The molecular weight excluding hydrogens is 230 g/mol. The number of amides is 2. The summed E-state index contributed by atoms with van der Waals surface area (Å²) in [6.45, 7) is 7.02. The Labute approximate surface area is 109 Å². The summed E-state index contributed by atoms with van der Waals surface area (Å²) in [6.07, 6.45) is 2.09. The summed E-state index contributed by atoms with van der Waals surface area (Å²) in [7, 11) is 0. The van der Waals surface area contributed by atoms with Crippen LogP contribution in [0.1, 0.15) is 40.0 Å². The van der Waals surface area contributed by atoms with Gasteiger partial charge in [-0.1, -0.05) is 13.8 Å². The molecule has 1 rings (SSSR count). The van der Waals surface area contributed by atoms with E-state index in [1.807, 2.05) is 18.7 Å². The number of carbonyl (C=O) groups is 2. The molecule has 1 unspecified atom stereocenters. The molecule has 0 aromatic rings. The number of piperidine rings is 1. The average Bonchev–Trinajstić information content (AvgIpc) is 2.28. The van der Waals surface area contributed by atoms with E-state index in [2.05, 4.69) is 5.32 Å². The lowest BCUT2D eigenvalue weighted by atomic mass is 10.00. The molecule has 1 aliphatic rings. The number of nitrogens with two attached hydrogens (primary N) is 1. The highest BCUT2D eigenvalue weighted by atomic mass is 16.2. The van der Waals surface area contributed by atoms with Crippen LogP contribution in [-0.2, 0) is 9.59 Å². The zero-order valence-corrected chi connectivity index (χ0v) is 11.6. The van der Waals surface area contributed by atoms with Crippen LogP contribution in [0.25, 0.3) is 0 Å². The summed E-state index contributed by atoms with van der Waals surface area (Å²) in [6, 6.07) is 0.149. The van der Waals surface area contributed by atoms with Crippen molar-refractivity contribution in [1.82, 2.24) is 10.2 Å². The second-order valence-corrected chi connectivity index (χ2v) is 5.47. The van der Waals surface area contributed by atoms with Crippen LogP contribution in [0.15, 0.2) is 0 Å². The maximum atomic E-state index is 12.0. The molecule has 18 heavy (non-hydrogen) atoms. The minimum absolute atomic E-state index is 0.00149. The Balaban J connectivity index is 2.34. The van der Waals surface area contributed by atoms with Crippen molar-refractivity contribution in [1.29, 1.82) is 0 Å². The first-order valence-electron chi connectivity index (χ1n) is 6.70. The lowest BCUT2D eigenvalue weighted by molar-refractivity contribution is -0.133. The van der Waals surface area contributed by atoms with Crippen molar-refractivity contribution in [2.45, 2.75) is 52.1 Å². The third-order valence-electron chi connectivity index (χ3n) is 3.52. The Morgan fingerprint density at radius 3 is 2.33 bits per heavy atom. The molecular formula is C13H25N3O2. The van der Waals surface area contributed by atoms with Gasteiger partial charge in [0.25, 0.3) is 0 Å². The minimum Gasteiger partial charge on any atom is -0.353 e. The number of rotatable bonds is 4. The molecule has 0 bridgehead atoms. The maximum Gasteiger partial charge on any atom is 0.224 e. The van der Waals surface area contributed by atoms with Gasteiger partial charge in [-0.25, -0.2) is 0 Å². The first-order chi connectivity index (χ1) is 8.40. The van der Waals surface area contributed by atoms with E-state index in [0.29, 0.717) is 25.4 Å². The largest absolute Gasteiger partial charge is 0.353 e. The van der Waals surface area contributed by atoms with Crippen LogP contribution in [0.5, 0.6) is 0 Å². The van der Waals surface area contributed by atoms with Crippen LogP contribution in [0.4, 0.5) is 0 Å². The summed E-state index contributed by atoms with van der Waals surface area (Å²) >= 11 is 0. The van der Waals surface area contributed by atoms with Crippen molar-refractivity contribution >= 4 is 11.8 Å². The Kier molecular flexibility index (Phi) is 5.59. The molecule has 1 aliphatic heterocycles. The monoisotopic (exact) mass is 255 g/mol. The number of hydrogen-bond acceptors (Lipinski definition) is 3. The van der Waals surface area contributed by atoms with Gasteiger partial charge in [-0.3, -0.25) is 9.59 Å². The summed E-state index contributed by atoms with van der Waals surface area (Å²) in [5, 5.41) is 2.90. The van der Waals surface area contributed by atoms with Gasteiger partial charge in [0.1, 0.15) is 0 Å². The molecule has 3 N–H and O–H groups in total. The Bertz CT molecular complexity index is 297. The minimum atomic E-state index is -0.0643. The first kappa shape index (κ1) is 15.0. The van der Waals surface area contributed by atoms with E-state index < -0.39 is 0 Å². The predicted octanol–water partition coefficient (Wildman–Crippen LogP) is 0.487. The number of carbonyl (C=O) groups excluding carboxylic acids is 2. The van der Waals surface area contributed by atoms with Crippen LogP contribution >= 0.6 is 0 Å². The van der Waals surface area contributed by atoms with Crippen LogP contribution in [0.2, 0.25) is 0 Å². The molecule has 0 aromatic carbocycles. The molecule has 0 spiro atoms. The second kappa shape index (κ2) is 6.73. The number of nitrogens with one attached hydrogen (secondary N) is 1. The average molecular weight is 255 g/mol. The summed E-state index contributed by atoms with van der Waals surface area (Å²) < 4.78 is 0. The van der Waals surface area contributed by atoms with Crippen LogP contribution in [-0.4, -0.2) is 41.9 Å². The molecule has 1 saturated heterocycles. The molecule has 0 aliphatic carbocycles. The van der Waals surface area contributed by atoms with Gasteiger partial charge in [-0.15, -0.1) is 0 Å².